The number of nitrogens with zero attached hydrogens (tertiary/aromatic N) is 2. The Hall–Kier alpha value is -0.970. The molecule has 1 aromatic heterocycles. The number of hydrogen-bond donors (Lipinski definition) is 1. The number of aryl methyl sites for hydroxylation is 1. The van der Waals surface area contributed by atoms with E-state index < -0.39 is 6.43 Å². The average molecular weight is 229 g/mol. The number of halogens is 2. The van der Waals surface area contributed by atoms with Crippen LogP contribution >= 0.6 is 0 Å². The monoisotopic (exact) mass is 229 g/mol. The Morgan fingerprint density at radius 3 is 3.00 bits per heavy atom. The van der Waals surface area contributed by atoms with Crippen LogP contribution in [0.4, 0.5) is 8.78 Å². The molecule has 1 unspecified atom stereocenters. The van der Waals surface area contributed by atoms with Crippen LogP contribution in [0.25, 0.3) is 0 Å². The third-order valence-electron chi connectivity index (χ3n) is 3.02. The van der Waals surface area contributed by atoms with Crippen molar-refractivity contribution in [3.63, 3.8) is 0 Å². The molecule has 90 valence electrons. The van der Waals surface area contributed by atoms with E-state index in [1.165, 1.54) is 10.7 Å². The molecule has 0 spiro atoms. The van der Waals surface area contributed by atoms with Gasteiger partial charge in [0.2, 0.25) is 0 Å². The van der Waals surface area contributed by atoms with Crippen LogP contribution in [0.2, 0.25) is 0 Å². The van der Waals surface area contributed by atoms with Crippen LogP contribution in [0.1, 0.15) is 43.6 Å². The second kappa shape index (κ2) is 4.91. The van der Waals surface area contributed by atoms with Crippen LogP contribution in [0.5, 0.6) is 0 Å². The first-order chi connectivity index (χ1) is 7.72. The number of hydrogen-bond acceptors (Lipinski definition) is 2. The first-order valence-corrected chi connectivity index (χ1v) is 5.79. The third-order valence-corrected chi connectivity index (χ3v) is 3.02. The predicted octanol–water partition coefficient (Wildman–Crippen LogP) is 2.31. The largest absolute Gasteiger partial charge is 0.315 e. The Morgan fingerprint density at radius 2 is 2.44 bits per heavy atom. The SMILES string of the molecule is CCc1cc(C(F)F)n(C2CCCNC2)n1. The van der Waals surface area contributed by atoms with E-state index in [-0.39, 0.29) is 11.7 Å². The zero-order valence-electron chi connectivity index (χ0n) is 9.42. The first kappa shape index (κ1) is 11.5. The summed E-state index contributed by atoms with van der Waals surface area (Å²) >= 11 is 0. The third kappa shape index (κ3) is 2.24. The Bertz CT molecular complexity index is 343. The van der Waals surface area contributed by atoms with Crippen molar-refractivity contribution in [3.8, 4) is 0 Å². The van der Waals surface area contributed by atoms with Crippen LogP contribution < -0.4 is 5.32 Å². The molecule has 0 radical (unpaired) electrons. The van der Waals surface area contributed by atoms with E-state index in [9.17, 15) is 8.78 Å². The minimum absolute atomic E-state index is 0.0607. The molecule has 0 saturated carbocycles. The Balaban J connectivity index is 2.26. The van der Waals surface area contributed by atoms with Gasteiger partial charge in [0.15, 0.2) is 0 Å². The Labute approximate surface area is 93.8 Å². The van der Waals surface area contributed by atoms with Gasteiger partial charge in [-0.05, 0) is 31.9 Å². The highest BCUT2D eigenvalue weighted by atomic mass is 19.3. The van der Waals surface area contributed by atoms with Gasteiger partial charge in [-0.2, -0.15) is 5.10 Å². The van der Waals surface area contributed by atoms with Crippen LogP contribution in [0.15, 0.2) is 6.07 Å². The minimum atomic E-state index is -2.44. The summed E-state index contributed by atoms with van der Waals surface area (Å²) in [5.41, 5.74) is 0.812. The number of piperidine rings is 1. The van der Waals surface area contributed by atoms with Crippen molar-refractivity contribution in [1.29, 1.82) is 0 Å². The van der Waals surface area contributed by atoms with Crippen molar-refractivity contribution in [3.05, 3.63) is 17.5 Å². The summed E-state index contributed by atoms with van der Waals surface area (Å²) in [6.45, 7) is 3.65. The van der Waals surface area contributed by atoms with Gasteiger partial charge in [0.05, 0.1) is 11.7 Å². The summed E-state index contributed by atoms with van der Waals surface area (Å²) < 4.78 is 27.2. The lowest BCUT2D eigenvalue weighted by Gasteiger charge is -2.24. The first-order valence-electron chi connectivity index (χ1n) is 5.79. The van der Waals surface area contributed by atoms with Crippen LogP contribution in [-0.4, -0.2) is 22.9 Å². The number of rotatable bonds is 3. The molecule has 5 heteroatoms. The van der Waals surface area contributed by atoms with Gasteiger partial charge in [-0.1, -0.05) is 6.92 Å². The van der Waals surface area contributed by atoms with E-state index in [1.54, 1.807) is 0 Å². The highest BCUT2D eigenvalue weighted by Gasteiger charge is 2.23. The van der Waals surface area contributed by atoms with Gasteiger partial charge in [-0.25, -0.2) is 8.78 Å². The van der Waals surface area contributed by atoms with Crippen LogP contribution in [-0.2, 0) is 6.42 Å². The summed E-state index contributed by atoms with van der Waals surface area (Å²) in [5.74, 6) is 0. The topological polar surface area (TPSA) is 29.9 Å². The lowest BCUT2D eigenvalue weighted by atomic mass is 10.1. The molecule has 1 saturated heterocycles. The lowest BCUT2D eigenvalue weighted by Crippen LogP contribution is -2.33. The van der Waals surface area contributed by atoms with E-state index in [4.69, 9.17) is 0 Å². The van der Waals surface area contributed by atoms with E-state index in [2.05, 4.69) is 10.4 Å². The molecule has 1 atom stereocenters. The zero-order chi connectivity index (χ0) is 11.5. The minimum Gasteiger partial charge on any atom is -0.315 e. The number of alkyl halides is 2. The van der Waals surface area contributed by atoms with E-state index in [0.717, 1.165) is 31.6 Å². The van der Waals surface area contributed by atoms with Gasteiger partial charge < -0.3 is 5.32 Å². The molecule has 1 fully saturated rings. The summed E-state index contributed by atoms with van der Waals surface area (Å²) in [4.78, 5) is 0. The highest BCUT2D eigenvalue weighted by molar-refractivity contribution is 5.12. The second-order valence-electron chi connectivity index (χ2n) is 4.16. The summed E-state index contributed by atoms with van der Waals surface area (Å²) in [6, 6.07) is 1.61. The highest BCUT2D eigenvalue weighted by Crippen LogP contribution is 2.26. The fraction of sp³-hybridized carbons (Fsp3) is 0.727. The van der Waals surface area contributed by atoms with Gasteiger partial charge in [-0.3, -0.25) is 4.68 Å². The van der Waals surface area contributed by atoms with Crippen molar-refractivity contribution in [1.82, 2.24) is 15.1 Å². The molecule has 1 aliphatic rings. The second-order valence-corrected chi connectivity index (χ2v) is 4.16. The molecule has 2 heterocycles. The van der Waals surface area contributed by atoms with Crippen LogP contribution in [0.3, 0.4) is 0 Å². The zero-order valence-corrected chi connectivity index (χ0v) is 9.42. The molecule has 0 amide bonds. The molecule has 0 aliphatic carbocycles. The van der Waals surface area contributed by atoms with E-state index in [1.807, 2.05) is 6.92 Å². The van der Waals surface area contributed by atoms with E-state index in [0.29, 0.717) is 6.42 Å². The van der Waals surface area contributed by atoms with Crippen molar-refractivity contribution in [2.75, 3.05) is 13.1 Å². The molecule has 3 nitrogen and oxygen atoms in total. The maximum atomic E-state index is 12.9. The molecule has 1 aromatic rings. The fourth-order valence-corrected chi connectivity index (χ4v) is 2.13. The van der Waals surface area contributed by atoms with Crippen molar-refractivity contribution in [2.45, 2.75) is 38.7 Å². The smallest absolute Gasteiger partial charge is 0.280 e. The molecular weight excluding hydrogens is 212 g/mol. The van der Waals surface area contributed by atoms with Crippen molar-refractivity contribution >= 4 is 0 Å². The van der Waals surface area contributed by atoms with Gasteiger partial charge >= 0.3 is 0 Å². The summed E-state index contributed by atoms with van der Waals surface area (Å²) in [6.07, 6.45) is 0.216. The normalized spacial score (nSPS) is 21.6. The van der Waals surface area contributed by atoms with Crippen molar-refractivity contribution in [2.24, 2.45) is 0 Å². The van der Waals surface area contributed by atoms with Gasteiger partial charge in [0.25, 0.3) is 6.43 Å². The Kier molecular flexibility index (Phi) is 3.53. The van der Waals surface area contributed by atoms with Crippen LogP contribution in [0, 0.1) is 0 Å². The van der Waals surface area contributed by atoms with Gasteiger partial charge in [0.1, 0.15) is 5.69 Å². The maximum absolute atomic E-state index is 12.9. The van der Waals surface area contributed by atoms with Gasteiger partial charge in [-0.15, -0.1) is 0 Å². The van der Waals surface area contributed by atoms with Crippen molar-refractivity contribution < 1.29 is 8.78 Å². The molecule has 1 aliphatic heterocycles. The lowest BCUT2D eigenvalue weighted by molar-refractivity contribution is 0.133. The molecule has 16 heavy (non-hydrogen) atoms. The number of aromatic nitrogens is 2. The molecule has 1 N–H and O–H groups in total. The molecule has 2 rings (SSSR count). The Morgan fingerprint density at radius 1 is 1.62 bits per heavy atom. The summed E-state index contributed by atoms with van der Waals surface area (Å²) in [5, 5.41) is 7.49. The summed E-state index contributed by atoms with van der Waals surface area (Å²) in [7, 11) is 0. The maximum Gasteiger partial charge on any atom is 0.280 e. The average Bonchev–Trinajstić information content (AvgIpc) is 2.74. The standard InChI is InChI=1S/C11H17F2N3/c1-2-8-6-10(11(12)13)16(15-8)9-4-3-5-14-7-9/h6,9,11,14H,2-5,7H2,1H3. The quantitative estimate of drug-likeness (QED) is 0.862. The molecular formula is C11H17F2N3. The molecule has 0 bridgehead atoms. The van der Waals surface area contributed by atoms with Gasteiger partial charge in [0, 0.05) is 6.54 Å². The predicted molar refractivity (Wildman–Crippen MR) is 57.7 cm³/mol. The molecule has 0 aromatic carbocycles. The fourth-order valence-electron chi connectivity index (χ4n) is 2.13. The van der Waals surface area contributed by atoms with E-state index >= 15 is 0 Å². The number of nitrogens with one attached hydrogen (secondary N) is 1.